The first-order chi connectivity index (χ1) is 14.6. The van der Waals surface area contributed by atoms with Crippen molar-refractivity contribution in [2.75, 3.05) is 34.3 Å². The van der Waals surface area contributed by atoms with Gasteiger partial charge in [-0.25, -0.2) is 0 Å². The van der Waals surface area contributed by atoms with Crippen LogP contribution in [0.3, 0.4) is 0 Å². The topological polar surface area (TPSA) is 9.23 Å². The Morgan fingerprint density at radius 3 is 2.32 bits per heavy atom. The van der Waals surface area contributed by atoms with Crippen LogP contribution in [0.1, 0.15) is 98.3 Å². The zero-order valence-corrected chi connectivity index (χ0v) is 22.1. The lowest BCUT2D eigenvalue weighted by atomic mass is 9.44. The lowest BCUT2D eigenvalue weighted by molar-refractivity contribution is -0.870. The second kappa shape index (κ2) is 8.94. The van der Waals surface area contributed by atoms with E-state index in [9.17, 15) is 0 Å². The number of nitrogens with zero attached hydrogens (tertiary/aromatic N) is 1. The summed E-state index contributed by atoms with van der Waals surface area (Å²) in [6.07, 6.45) is 16.5. The van der Waals surface area contributed by atoms with Gasteiger partial charge in [0, 0.05) is 0 Å². The first-order valence-corrected chi connectivity index (χ1v) is 14.0. The molecule has 0 bridgehead atoms. The Kier molecular flexibility index (Phi) is 6.93. The summed E-state index contributed by atoms with van der Waals surface area (Å²) in [7, 11) is 6.82. The number of quaternary nitrogens is 1. The summed E-state index contributed by atoms with van der Waals surface area (Å²) < 4.78 is 7.43. The van der Waals surface area contributed by atoms with Crippen LogP contribution in [-0.2, 0) is 4.74 Å². The summed E-state index contributed by atoms with van der Waals surface area (Å²) in [6.45, 7) is 12.5. The van der Waals surface area contributed by atoms with Crippen LogP contribution in [0.4, 0.5) is 0 Å². The maximum absolute atomic E-state index is 6.42. The van der Waals surface area contributed by atoms with Crippen LogP contribution < -0.4 is 0 Å². The third-order valence-electron chi connectivity index (χ3n) is 11.2. The highest BCUT2D eigenvalue weighted by Crippen LogP contribution is 2.68. The Morgan fingerprint density at radius 2 is 1.61 bits per heavy atom. The standard InChI is InChI=1S/C29H54NO/c1-8-9-21(2)25-12-13-26-24-11-10-22-20-23(31-19-18-30(5,6)7)14-16-28(22,3)27(24)15-17-29(25,26)4/h21-27H,8-20H2,1-7H3/q+1. The smallest absolute Gasteiger partial charge is 0.102 e. The quantitative estimate of drug-likeness (QED) is 0.387. The lowest BCUT2D eigenvalue weighted by Crippen LogP contribution is -2.54. The average molecular weight is 433 g/mol. The minimum atomic E-state index is 0.529. The predicted octanol–water partition coefficient (Wildman–Crippen LogP) is 7.17. The van der Waals surface area contributed by atoms with Gasteiger partial charge in [0.2, 0.25) is 0 Å². The van der Waals surface area contributed by atoms with Gasteiger partial charge in [-0.2, -0.15) is 0 Å². The Labute approximate surface area is 194 Å². The van der Waals surface area contributed by atoms with Crippen molar-refractivity contribution >= 4 is 0 Å². The summed E-state index contributed by atoms with van der Waals surface area (Å²) in [4.78, 5) is 0. The molecule has 9 atom stereocenters. The summed E-state index contributed by atoms with van der Waals surface area (Å²) >= 11 is 0. The van der Waals surface area contributed by atoms with E-state index in [0.717, 1.165) is 53.1 Å². The molecule has 0 saturated heterocycles. The molecule has 4 fully saturated rings. The van der Waals surface area contributed by atoms with E-state index in [1.807, 2.05) is 0 Å². The second-order valence-electron chi connectivity index (χ2n) is 13.9. The zero-order valence-electron chi connectivity index (χ0n) is 22.1. The predicted molar refractivity (Wildman–Crippen MR) is 132 cm³/mol. The molecule has 2 nitrogen and oxygen atoms in total. The molecule has 4 rings (SSSR count). The fraction of sp³-hybridized carbons (Fsp3) is 1.00. The van der Waals surface area contributed by atoms with E-state index in [1.54, 1.807) is 0 Å². The van der Waals surface area contributed by atoms with Crippen molar-refractivity contribution in [1.29, 1.82) is 0 Å². The minimum absolute atomic E-state index is 0.529. The Hall–Kier alpha value is -0.0800. The Bertz CT molecular complexity index is 610. The van der Waals surface area contributed by atoms with Crippen molar-refractivity contribution in [3.63, 3.8) is 0 Å². The average Bonchev–Trinajstić information content (AvgIpc) is 3.04. The van der Waals surface area contributed by atoms with Gasteiger partial charge in [0.05, 0.1) is 33.9 Å². The summed E-state index contributed by atoms with van der Waals surface area (Å²) in [5.74, 6) is 5.88. The van der Waals surface area contributed by atoms with E-state index in [0.29, 0.717) is 16.9 Å². The van der Waals surface area contributed by atoms with Gasteiger partial charge in [-0.3, -0.25) is 0 Å². The lowest BCUT2D eigenvalue weighted by Gasteiger charge is -2.61. The van der Waals surface area contributed by atoms with Crippen molar-refractivity contribution in [2.24, 2.45) is 46.3 Å². The van der Waals surface area contributed by atoms with Crippen LogP contribution in [0.5, 0.6) is 0 Å². The maximum Gasteiger partial charge on any atom is 0.102 e. The molecule has 0 radical (unpaired) electrons. The number of hydrogen-bond acceptors (Lipinski definition) is 1. The highest BCUT2D eigenvalue weighted by molar-refractivity contribution is 5.09. The van der Waals surface area contributed by atoms with Crippen molar-refractivity contribution in [1.82, 2.24) is 0 Å². The van der Waals surface area contributed by atoms with Crippen LogP contribution >= 0.6 is 0 Å². The molecule has 0 heterocycles. The Morgan fingerprint density at radius 1 is 0.903 bits per heavy atom. The molecule has 0 N–H and O–H groups in total. The number of ether oxygens (including phenoxy) is 1. The number of fused-ring (bicyclic) bond motifs is 5. The molecule has 0 aromatic heterocycles. The van der Waals surface area contributed by atoms with Crippen LogP contribution in [0.2, 0.25) is 0 Å². The van der Waals surface area contributed by atoms with Gasteiger partial charge in [-0.1, -0.05) is 40.5 Å². The SMILES string of the molecule is CCCC(C)C1CCC2C3CCC4CC(OCC[N+](C)(C)C)CCC4(C)C3CCC12C. The molecule has 4 saturated carbocycles. The molecule has 4 aliphatic rings. The molecule has 0 aromatic rings. The number of rotatable bonds is 7. The maximum atomic E-state index is 6.42. The van der Waals surface area contributed by atoms with E-state index < -0.39 is 0 Å². The van der Waals surface area contributed by atoms with Crippen molar-refractivity contribution < 1.29 is 9.22 Å². The monoisotopic (exact) mass is 432 g/mol. The Balaban J connectivity index is 1.40. The van der Waals surface area contributed by atoms with Gasteiger partial charge in [0.15, 0.2) is 0 Å². The molecule has 9 unspecified atom stereocenters. The zero-order chi connectivity index (χ0) is 22.4. The first-order valence-electron chi connectivity index (χ1n) is 14.0. The van der Waals surface area contributed by atoms with Gasteiger partial charge in [-0.15, -0.1) is 0 Å². The largest absolute Gasteiger partial charge is 0.372 e. The summed E-state index contributed by atoms with van der Waals surface area (Å²) in [5, 5.41) is 0. The highest BCUT2D eigenvalue weighted by atomic mass is 16.5. The minimum Gasteiger partial charge on any atom is -0.372 e. The molecular weight excluding hydrogens is 378 g/mol. The van der Waals surface area contributed by atoms with E-state index in [4.69, 9.17) is 4.74 Å². The van der Waals surface area contributed by atoms with Crippen LogP contribution in [0.25, 0.3) is 0 Å². The van der Waals surface area contributed by atoms with E-state index in [-0.39, 0.29) is 0 Å². The number of hydrogen-bond donors (Lipinski definition) is 0. The van der Waals surface area contributed by atoms with E-state index >= 15 is 0 Å². The molecule has 0 aliphatic heterocycles. The van der Waals surface area contributed by atoms with Crippen LogP contribution in [0.15, 0.2) is 0 Å². The highest BCUT2D eigenvalue weighted by Gasteiger charge is 2.60. The molecule has 180 valence electrons. The third-order valence-corrected chi connectivity index (χ3v) is 11.2. The summed E-state index contributed by atoms with van der Waals surface area (Å²) in [5.41, 5.74) is 1.24. The van der Waals surface area contributed by atoms with Gasteiger partial charge < -0.3 is 9.22 Å². The van der Waals surface area contributed by atoms with Crippen LogP contribution in [-0.4, -0.2) is 44.9 Å². The van der Waals surface area contributed by atoms with Gasteiger partial charge in [0.25, 0.3) is 0 Å². The van der Waals surface area contributed by atoms with Crippen molar-refractivity contribution in [3.05, 3.63) is 0 Å². The number of likely N-dealkylation sites (N-methyl/N-ethyl adjacent to an activating group) is 1. The molecule has 4 aliphatic carbocycles. The molecule has 0 aromatic carbocycles. The molecular formula is C29H54NO+. The molecule has 31 heavy (non-hydrogen) atoms. The molecule has 2 heteroatoms. The normalized spacial score (nSPS) is 46.2. The fourth-order valence-electron chi connectivity index (χ4n) is 9.50. The van der Waals surface area contributed by atoms with E-state index in [1.165, 1.54) is 70.6 Å². The van der Waals surface area contributed by atoms with Crippen molar-refractivity contribution in [3.8, 4) is 0 Å². The van der Waals surface area contributed by atoms with Crippen molar-refractivity contribution in [2.45, 2.75) is 104 Å². The molecule has 0 amide bonds. The first kappa shape index (κ1) is 24.1. The third kappa shape index (κ3) is 4.51. The van der Waals surface area contributed by atoms with Gasteiger partial charge in [0.1, 0.15) is 6.54 Å². The van der Waals surface area contributed by atoms with Crippen LogP contribution in [0, 0.1) is 46.3 Å². The van der Waals surface area contributed by atoms with Gasteiger partial charge >= 0.3 is 0 Å². The second-order valence-corrected chi connectivity index (χ2v) is 13.9. The molecule has 0 spiro atoms. The summed E-state index contributed by atoms with van der Waals surface area (Å²) in [6, 6.07) is 0. The van der Waals surface area contributed by atoms with E-state index in [2.05, 4.69) is 48.8 Å². The fourth-order valence-corrected chi connectivity index (χ4v) is 9.50. The van der Waals surface area contributed by atoms with Gasteiger partial charge in [-0.05, 0) is 104 Å².